The van der Waals surface area contributed by atoms with Crippen LogP contribution in [0, 0.1) is 0 Å². The maximum atomic E-state index is 5.97. The molecule has 0 amide bonds. The van der Waals surface area contributed by atoms with E-state index < -0.39 is 0 Å². The van der Waals surface area contributed by atoms with Gasteiger partial charge in [0, 0.05) is 24.7 Å². The van der Waals surface area contributed by atoms with Crippen LogP contribution in [-0.2, 0) is 0 Å². The molecule has 1 rings (SSSR count). The molecule has 0 heterocycles. The molecule has 0 aromatic heterocycles. The van der Waals surface area contributed by atoms with E-state index in [1.165, 1.54) is 0 Å². The first-order valence-corrected chi connectivity index (χ1v) is 6.28. The van der Waals surface area contributed by atoms with Gasteiger partial charge in [-0.1, -0.05) is 23.2 Å². The molecule has 0 bridgehead atoms. The zero-order valence-electron chi connectivity index (χ0n) is 10.2. The van der Waals surface area contributed by atoms with Gasteiger partial charge in [0.05, 0.1) is 5.02 Å². The summed E-state index contributed by atoms with van der Waals surface area (Å²) in [5, 5.41) is 4.45. The quantitative estimate of drug-likeness (QED) is 0.775. The van der Waals surface area contributed by atoms with E-state index in [1.807, 2.05) is 14.1 Å². The van der Waals surface area contributed by atoms with Crippen LogP contribution in [0.25, 0.3) is 0 Å². The van der Waals surface area contributed by atoms with Crippen molar-refractivity contribution >= 4 is 23.2 Å². The number of hydrogen-bond acceptors (Lipinski definition) is 3. The largest absolute Gasteiger partial charge is 0.491 e. The molecule has 0 fully saturated rings. The average molecular weight is 277 g/mol. The van der Waals surface area contributed by atoms with E-state index >= 15 is 0 Å². The summed E-state index contributed by atoms with van der Waals surface area (Å²) >= 11 is 11.8. The second kappa shape index (κ2) is 7.77. The highest BCUT2D eigenvalue weighted by Gasteiger charge is 2.01. The van der Waals surface area contributed by atoms with E-state index in [4.69, 9.17) is 27.9 Å². The number of benzene rings is 1. The molecule has 0 aliphatic rings. The second-order valence-electron chi connectivity index (χ2n) is 3.98. The number of ether oxygens (including phenoxy) is 1. The summed E-state index contributed by atoms with van der Waals surface area (Å²) in [5.74, 6) is 0.672. The smallest absolute Gasteiger partial charge is 0.138 e. The number of likely N-dealkylation sites (N-methyl/N-ethyl adjacent to an activating group) is 1. The minimum Gasteiger partial charge on any atom is -0.491 e. The lowest BCUT2D eigenvalue weighted by Crippen LogP contribution is -2.29. The summed E-state index contributed by atoms with van der Waals surface area (Å²) in [6.45, 7) is 3.36. The molecule has 17 heavy (non-hydrogen) atoms. The lowest BCUT2D eigenvalue weighted by atomic mass is 10.3. The summed E-state index contributed by atoms with van der Waals surface area (Å²) in [5.41, 5.74) is 0. The van der Waals surface area contributed by atoms with Crippen molar-refractivity contribution in [1.29, 1.82) is 0 Å². The molecule has 1 aromatic rings. The summed E-state index contributed by atoms with van der Waals surface area (Å²) in [6.07, 6.45) is 0. The summed E-state index contributed by atoms with van der Waals surface area (Å²) < 4.78 is 5.53. The fourth-order valence-corrected chi connectivity index (χ4v) is 1.72. The monoisotopic (exact) mass is 276 g/mol. The van der Waals surface area contributed by atoms with Crippen molar-refractivity contribution in [3.63, 3.8) is 0 Å². The van der Waals surface area contributed by atoms with Gasteiger partial charge in [0.15, 0.2) is 0 Å². The van der Waals surface area contributed by atoms with Gasteiger partial charge in [-0.2, -0.15) is 0 Å². The van der Waals surface area contributed by atoms with Gasteiger partial charge >= 0.3 is 0 Å². The highest BCUT2D eigenvalue weighted by atomic mass is 35.5. The molecule has 0 radical (unpaired) electrons. The number of rotatable bonds is 7. The van der Waals surface area contributed by atoms with Crippen LogP contribution in [0.5, 0.6) is 5.75 Å². The van der Waals surface area contributed by atoms with Crippen molar-refractivity contribution in [2.45, 2.75) is 0 Å². The van der Waals surface area contributed by atoms with Gasteiger partial charge in [-0.05, 0) is 32.3 Å². The van der Waals surface area contributed by atoms with Gasteiger partial charge in [0.2, 0.25) is 0 Å². The standard InChI is InChI=1S/C12H18Cl2N2O/c1-16(2)7-5-15-6-8-17-12-4-3-10(13)9-11(12)14/h3-4,9,15H,5-8H2,1-2H3. The van der Waals surface area contributed by atoms with Crippen LogP contribution in [0.15, 0.2) is 18.2 Å². The molecule has 0 atom stereocenters. The maximum absolute atomic E-state index is 5.97. The first-order valence-electron chi connectivity index (χ1n) is 5.53. The van der Waals surface area contributed by atoms with E-state index in [2.05, 4.69) is 10.2 Å². The Morgan fingerprint density at radius 2 is 2.00 bits per heavy atom. The van der Waals surface area contributed by atoms with Gasteiger partial charge in [0.1, 0.15) is 12.4 Å². The molecule has 0 aliphatic carbocycles. The fourth-order valence-electron chi connectivity index (χ4n) is 1.25. The molecule has 0 saturated carbocycles. The summed E-state index contributed by atoms with van der Waals surface area (Å²) in [7, 11) is 4.09. The molecule has 0 unspecified atom stereocenters. The van der Waals surface area contributed by atoms with Crippen LogP contribution >= 0.6 is 23.2 Å². The molecule has 0 saturated heterocycles. The van der Waals surface area contributed by atoms with Crippen LogP contribution in [0.3, 0.4) is 0 Å². The van der Waals surface area contributed by atoms with Crippen molar-refractivity contribution in [3.05, 3.63) is 28.2 Å². The Balaban J connectivity index is 2.18. The van der Waals surface area contributed by atoms with Crippen LogP contribution in [0.2, 0.25) is 10.0 Å². The number of halogens is 2. The Bertz CT molecular complexity index is 345. The average Bonchev–Trinajstić information content (AvgIpc) is 2.25. The second-order valence-corrected chi connectivity index (χ2v) is 4.82. The molecular weight excluding hydrogens is 259 g/mol. The minimum absolute atomic E-state index is 0.547. The van der Waals surface area contributed by atoms with Crippen LogP contribution in [0.1, 0.15) is 0 Å². The van der Waals surface area contributed by atoms with E-state index in [0.29, 0.717) is 22.4 Å². The Kier molecular flexibility index (Phi) is 6.66. The van der Waals surface area contributed by atoms with E-state index in [-0.39, 0.29) is 0 Å². The SMILES string of the molecule is CN(C)CCNCCOc1ccc(Cl)cc1Cl. The van der Waals surface area contributed by atoms with Crippen molar-refractivity contribution in [2.24, 2.45) is 0 Å². The zero-order chi connectivity index (χ0) is 12.7. The van der Waals surface area contributed by atoms with E-state index in [9.17, 15) is 0 Å². The predicted octanol–water partition coefficient (Wildman–Crippen LogP) is 2.52. The van der Waals surface area contributed by atoms with Gasteiger partial charge in [0.25, 0.3) is 0 Å². The van der Waals surface area contributed by atoms with E-state index in [1.54, 1.807) is 18.2 Å². The van der Waals surface area contributed by atoms with Crippen molar-refractivity contribution in [3.8, 4) is 5.75 Å². The molecule has 1 N–H and O–H groups in total. The Labute approximate surface area is 113 Å². The lowest BCUT2D eigenvalue weighted by Gasteiger charge is -2.11. The lowest BCUT2D eigenvalue weighted by molar-refractivity contribution is 0.308. The normalized spacial score (nSPS) is 10.9. The fraction of sp³-hybridized carbons (Fsp3) is 0.500. The molecule has 1 aromatic carbocycles. The Hall–Kier alpha value is -0.480. The Morgan fingerprint density at radius 1 is 1.24 bits per heavy atom. The van der Waals surface area contributed by atoms with Crippen LogP contribution in [-0.4, -0.2) is 45.2 Å². The zero-order valence-corrected chi connectivity index (χ0v) is 11.7. The van der Waals surface area contributed by atoms with Crippen molar-refractivity contribution < 1.29 is 4.74 Å². The summed E-state index contributed by atoms with van der Waals surface area (Å²) in [4.78, 5) is 2.13. The Morgan fingerprint density at radius 3 is 2.65 bits per heavy atom. The van der Waals surface area contributed by atoms with Crippen molar-refractivity contribution in [2.75, 3.05) is 40.3 Å². The van der Waals surface area contributed by atoms with Crippen molar-refractivity contribution in [1.82, 2.24) is 10.2 Å². The summed E-state index contributed by atoms with van der Waals surface area (Å²) in [6, 6.07) is 5.23. The molecular formula is C12H18Cl2N2O. The number of nitrogens with zero attached hydrogens (tertiary/aromatic N) is 1. The third-order valence-corrected chi connectivity index (χ3v) is 2.70. The minimum atomic E-state index is 0.547. The maximum Gasteiger partial charge on any atom is 0.138 e. The van der Waals surface area contributed by atoms with E-state index in [0.717, 1.165) is 19.6 Å². The highest BCUT2D eigenvalue weighted by Crippen LogP contribution is 2.27. The molecule has 0 aliphatic heterocycles. The van der Waals surface area contributed by atoms with Crippen LogP contribution < -0.4 is 10.1 Å². The van der Waals surface area contributed by atoms with Crippen LogP contribution in [0.4, 0.5) is 0 Å². The molecule has 0 spiro atoms. The topological polar surface area (TPSA) is 24.5 Å². The van der Waals surface area contributed by atoms with Gasteiger partial charge in [-0.15, -0.1) is 0 Å². The molecule has 96 valence electrons. The first kappa shape index (κ1) is 14.6. The molecule has 3 nitrogen and oxygen atoms in total. The van der Waals surface area contributed by atoms with Gasteiger partial charge in [-0.25, -0.2) is 0 Å². The first-order chi connectivity index (χ1) is 8.09. The number of nitrogens with one attached hydrogen (secondary N) is 1. The van der Waals surface area contributed by atoms with Gasteiger partial charge in [-0.3, -0.25) is 0 Å². The number of hydrogen-bond donors (Lipinski definition) is 1. The highest BCUT2D eigenvalue weighted by molar-refractivity contribution is 6.35. The molecule has 5 heteroatoms. The third-order valence-electron chi connectivity index (χ3n) is 2.17. The van der Waals surface area contributed by atoms with Gasteiger partial charge < -0.3 is 15.0 Å². The third kappa shape index (κ3) is 6.13. The predicted molar refractivity (Wildman–Crippen MR) is 73.4 cm³/mol.